The van der Waals surface area contributed by atoms with E-state index in [0.29, 0.717) is 6.61 Å². The summed E-state index contributed by atoms with van der Waals surface area (Å²) in [6.07, 6.45) is 16.3. The zero-order valence-electron chi connectivity index (χ0n) is 17.2. The molecule has 0 aromatic rings. The van der Waals surface area contributed by atoms with Crippen LogP contribution in [0.5, 0.6) is 0 Å². The Morgan fingerprint density at radius 3 is 2.11 bits per heavy atom. The van der Waals surface area contributed by atoms with Crippen molar-refractivity contribution in [2.75, 3.05) is 19.8 Å². The average Bonchev–Trinajstić information content (AvgIpc) is 2.68. The highest BCUT2D eigenvalue weighted by Gasteiger charge is 2.39. The second kappa shape index (κ2) is 16.5. The molecule has 5 heteroatoms. The van der Waals surface area contributed by atoms with E-state index in [-0.39, 0.29) is 13.2 Å². The molecule has 0 aliphatic carbocycles. The van der Waals surface area contributed by atoms with Crippen molar-refractivity contribution in [3.8, 4) is 0 Å². The van der Waals surface area contributed by atoms with Gasteiger partial charge in [0.15, 0.2) is 0 Å². The molecule has 5 nitrogen and oxygen atoms in total. The Morgan fingerprint density at radius 1 is 0.889 bits per heavy atom. The summed E-state index contributed by atoms with van der Waals surface area (Å²) in [5.74, 6) is 0. The van der Waals surface area contributed by atoms with Gasteiger partial charge in [0.2, 0.25) is 0 Å². The molecule has 0 unspecified atom stereocenters. The van der Waals surface area contributed by atoms with Gasteiger partial charge in [-0.1, -0.05) is 70.4 Å². The summed E-state index contributed by atoms with van der Waals surface area (Å²) in [5, 5.41) is 28.9. The molecule has 0 amide bonds. The summed E-state index contributed by atoms with van der Waals surface area (Å²) in [4.78, 5) is 0. The Kier molecular flexibility index (Phi) is 15.0. The van der Waals surface area contributed by atoms with Crippen LogP contribution in [0.4, 0.5) is 0 Å². The van der Waals surface area contributed by atoms with Crippen LogP contribution in [-0.2, 0) is 9.47 Å². The zero-order chi connectivity index (χ0) is 19.7. The molecule has 0 spiro atoms. The fourth-order valence-electron chi connectivity index (χ4n) is 3.42. The molecule has 1 rings (SSSR count). The summed E-state index contributed by atoms with van der Waals surface area (Å²) >= 11 is 0. The maximum atomic E-state index is 9.98. The van der Waals surface area contributed by atoms with E-state index in [9.17, 15) is 15.3 Å². The van der Waals surface area contributed by atoms with E-state index in [1.54, 1.807) is 0 Å². The largest absolute Gasteiger partial charge is 0.394 e. The van der Waals surface area contributed by atoms with E-state index in [1.807, 2.05) is 0 Å². The van der Waals surface area contributed by atoms with Crippen LogP contribution in [0.1, 0.15) is 84.0 Å². The molecule has 3 N–H and O–H groups in total. The Balaban J connectivity index is 1.90. The minimum Gasteiger partial charge on any atom is -0.394 e. The third-order valence-electron chi connectivity index (χ3n) is 5.22. The topological polar surface area (TPSA) is 79.2 Å². The number of unbranched alkanes of at least 4 members (excludes halogenated alkanes) is 10. The molecule has 0 radical (unpaired) electrons. The van der Waals surface area contributed by atoms with Crippen molar-refractivity contribution in [1.82, 2.24) is 0 Å². The van der Waals surface area contributed by atoms with E-state index in [2.05, 4.69) is 19.1 Å². The first-order chi connectivity index (χ1) is 13.2. The molecule has 1 heterocycles. The maximum Gasteiger partial charge on any atom is 0.114 e. The van der Waals surface area contributed by atoms with Crippen molar-refractivity contribution in [2.45, 2.75) is 108 Å². The Labute approximate surface area is 165 Å². The predicted octanol–water partition coefficient (Wildman–Crippen LogP) is 3.74. The number of hydrogen-bond acceptors (Lipinski definition) is 5. The first kappa shape index (κ1) is 24.6. The fourth-order valence-corrected chi connectivity index (χ4v) is 3.42. The first-order valence-electron chi connectivity index (χ1n) is 11.1. The fraction of sp³-hybridized carbons (Fsp3) is 0.909. The summed E-state index contributed by atoms with van der Waals surface area (Å²) in [7, 11) is 0. The molecule has 27 heavy (non-hydrogen) atoms. The maximum absolute atomic E-state index is 9.98. The molecule has 160 valence electrons. The van der Waals surface area contributed by atoms with Crippen molar-refractivity contribution in [3.63, 3.8) is 0 Å². The predicted molar refractivity (Wildman–Crippen MR) is 109 cm³/mol. The molecular formula is C22H42O5. The SMILES string of the molecule is CCCC/C=C/CCCCCCCCCCO[C@@H]1[C@@H](O)[C@H](O)CO[C@H]1CO. The standard InChI is InChI=1S/C22H42O5/c1-2-3-4-5-6-7-8-9-10-11-12-13-14-15-16-26-22-20(17-23)27-18-19(24)21(22)25/h5-6,19-25H,2-4,7-18H2,1H3/b6-5+/t19-,20+,21+,22+/m1/s1. The van der Waals surface area contributed by atoms with Crippen molar-refractivity contribution in [1.29, 1.82) is 0 Å². The zero-order valence-corrected chi connectivity index (χ0v) is 17.2. The smallest absolute Gasteiger partial charge is 0.114 e. The lowest BCUT2D eigenvalue weighted by Crippen LogP contribution is -2.55. The van der Waals surface area contributed by atoms with Gasteiger partial charge in [-0.25, -0.2) is 0 Å². The van der Waals surface area contributed by atoms with Crippen LogP contribution in [0.25, 0.3) is 0 Å². The van der Waals surface area contributed by atoms with Crippen molar-refractivity contribution >= 4 is 0 Å². The highest BCUT2D eigenvalue weighted by atomic mass is 16.6. The molecule has 1 aliphatic rings. The molecule has 0 aromatic heterocycles. The lowest BCUT2D eigenvalue weighted by Gasteiger charge is -2.37. The van der Waals surface area contributed by atoms with Gasteiger partial charge >= 0.3 is 0 Å². The molecule has 1 fully saturated rings. The lowest BCUT2D eigenvalue weighted by molar-refractivity contribution is -0.211. The molecule has 0 saturated carbocycles. The molecule has 1 aliphatic heterocycles. The first-order valence-corrected chi connectivity index (χ1v) is 11.1. The number of allylic oxidation sites excluding steroid dienone is 2. The van der Waals surface area contributed by atoms with Crippen LogP contribution in [0.3, 0.4) is 0 Å². The molecule has 4 atom stereocenters. The Hall–Kier alpha value is -0.460. The number of rotatable bonds is 16. The normalized spacial score (nSPS) is 26.1. The summed E-state index contributed by atoms with van der Waals surface area (Å²) in [6, 6.07) is 0. The minimum absolute atomic E-state index is 0.0431. The highest BCUT2D eigenvalue weighted by Crippen LogP contribution is 2.19. The van der Waals surface area contributed by atoms with Gasteiger partial charge in [-0.15, -0.1) is 0 Å². The van der Waals surface area contributed by atoms with Gasteiger partial charge in [0.05, 0.1) is 13.2 Å². The number of ether oxygens (including phenoxy) is 2. The molecular weight excluding hydrogens is 344 g/mol. The van der Waals surface area contributed by atoms with Gasteiger partial charge in [0, 0.05) is 6.61 Å². The van der Waals surface area contributed by atoms with Crippen molar-refractivity contribution < 1.29 is 24.8 Å². The van der Waals surface area contributed by atoms with Gasteiger partial charge in [0.1, 0.15) is 24.4 Å². The summed E-state index contributed by atoms with van der Waals surface area (Å²) in [6.45, 7) is 2.60. The van der Waals surface area contributed by atoms with Gasteiger partial charge in [-0.2, -0.15) is 0 Å². The average molecular weight is 387 g/mol. The van der Waals surface area contributed by atoms with E-state index in [1.165, 1.54) is 64.2 Å². The molecule has 0 bridgehead atoms. The van der Waals surface area contributed by atoms with Crippen LogP contribution in [0.2, 0.25) is 0 Å². The van der Waals surface area contributed by atoms with Crippen LogP contribution < -0.4 is 0 Å². The van der Waals surface area contributed by atoms with Crippen LogP contribution in [-0.4, -0.2) is 59.6 Å². The third-order valence-corrected chi connectivity index (χ3v) is 5.22. The summed E-state index contributed by atoms with van der Waals surface area (Å²) in [5.41, 5.74) is 0. The number of aliphatic hydroxyl groups excluding tert-OH is 3. The molecule has 1 saturated heterocycles. The summed E-state index contributed by atoms with van der Waals surface area (Å²) < 4.78 is 11.0. The minimum atomic E-state index is -0.989. The van der Waals surface area contributed by atoms with Crippen LogP contribution in [0, 0.1) is 0 Å². The van der Waals surface area contributed by atoms with Crippen molar-refractivity contribution in [3.05, 3.63) is 12.2 Å². The van der Waals surface area contributed by atoms with Crippen LogP contribution in [0.15, 0.2) is 12.2 Å². The highest BCUT2D eigenvalue weighted by molar-refractivity contribution is 4.87. The van der Waals surface area contributed by atoms with Gasteiger partial charge in [0.25, 0.3) is 0 Å². The monoisotopic (exact) mass is 386 g/mol. The second-order valence-electron chi connectivity index (χ2n) is 7.68. The van der Waals surface area contributed by atoms with Crippen molar-refractivity contribution in [2.24, 2.45) is 0 Å². The Morgan fingerprint density at radius 2 is 1.48 bits per heavy atom. The van der Waals surface area contributed by atoms with Gasteiger partial charge in [-0.3, -0.25) is 0 Å². The second-order valence-corrected chi connectivity index (χ2v) is 7.68. The lowest BCUT2D eigenvalue weighted by atomic mass is 10.0. The number of hydrogen-bond donors (Lipinski definition) is 3. The van der Waals surface area contributed by atoms with Crippen LogP contribution >= 0.6 is 0 Å². The Bertz CT molecular complexity index is 359. The van der Waals surface area contributed by atoms with E-state index >= 15 is 0 Å². The molecule has 0 aromatic carbocycles. The van der Waals surface area contributed by atoms with E-state index in [0.717, 1.165) is 12.8 Å². The number of aliphatic hydroxyl groups is 3. The van der Waals surface area contributed by atoms with E-state index in [4.69, 9.17) is 9.47 Å². The quantitative estimate of drug-likeness (QED) is 0.278. The third kappa shape index (κ3) is 11.2. The van der Waals surface area contributed by atoms with Gasteiger partial charge in [-0.05, 0) is 25.7 Å². The van der Waals surface area contributed by atoms with Gasteiger partial charge < -0.3 is 24.8 Å². The van der Waals surface area contributed by atoms with E-state index < -0.39 is 24.4 Å².